The van der Waals surface area contributed by atoms with E-state index >= 15 is 0 Å². The topological polar surface area (TPSA) is 44.9 Å². The average molecular weight is 392 g/mol. The Labute approximate surface area is 148 Å². The van der Waals surface area contributed by atoms with Gasteiger partial charge in [0.05, 0.1) is 0 Å². The van der Waals surface area contributed by atoms with Crippen LogP contribution < -0.4 is 5.32 Å². The zero-order valence-corrected chi connectivity index (χ0v) is 15.0. The van der Waals surface area contributed by atoms with E-state index < -0.39 is 0 Å². The number of carbonyl (C=O) groups is 1. The Morgan fingerprint density at radius 1 is 1.26 bits per heavy atom. The van der Waals surface area contributed by atoms with Gasteiger partial charge >= 0.3 is 0 Å². The zero-order valence-electron chi connectivity index (χ0n) is 12.6. The normalized spacial score (nSPS) is 10.9. The highest BCUT2D eigenvalue weighted by atomic mass is 79.9. The van der Waals surface area contributed by atoms with Gasteiger partial charge in [-0.05, 0) is 55.3 Å². The summed E-state index contributed by atoms with van der Waals surface area (Å²) in [5.41, 5.74) is 4.02. The summed E-state index contributed by atoms with van der Waals surface area (Å²) in [5, 5.41) is 4.80. The Bertz CT molecular complexity index is 873. The van der Waals surface area contributed by atoms with Gasteiger partial charge in [-0.3, -0.25) is 4.79 Å². The van der Waals surface area contributed by atoms with Crippen molar-refractivity contribution < 1.29 is 4.79 Å². The molecular formula is C18H16BrClN2O. The molecule has 3 rings (SSSR count). The van der Waals surface area contributed by atoms with Crippen LogP contribution in [0, 0.1) is 6.92 Å². The molecule has 23 heavy (non-hydrogen) atoms. The molecule has 0 fully saturated rings. The van der Waals surface area contributed by atoms with E-state index in [2.05, 4.69) is 26.2 Å². The van der Waals surface area contributed by atoms with Gasteiger partial charge in [-0.2, -0.15) is 0 Å². The number of aromatic nitrogens is 1. The molecule has 0 saturated heterocycles. The molecule has 0 saturated carbocycles. The average Bonchev–Trinajstić information content (AvgIpc) is 2.83. The molecule has 0 aliphatic heterocycles. The van der Waals surface area contributed by atoms with Crippen molar-refractivity contribution in [2.45, 2.75) is 13.3 Å². The van der Waals surface area contributed by atoms with E-state index in [9.17, 15) is 4.79 Å². The van der Waals surface area contributed by atoms with Crippen LogP contribution in [0.1, 0.15) is 21.6 Å². The maximum Gasteiger partial charge on any atom is 0.251 e. The maximum absolute atomic E-state index is 12.2. The largest absolute Gasteiger partial charge is 0.358 e. The highest BCUT2D eigenvalue weighted by Gasteiger charge is 2.10. The van der Waals surface area contributed by atoms with E-state index in [1.165, 1.54) is 5.56 Å². The Morgan fingerprint density at radius 2 is 2.09 bits per heavy atom. The quantitative estimate of drug-likeness (QED) is 0.655. The van der Waals surface area contributed by atoms with Gasteiger partial charge in [0.25, 0.3) is 5.91 Å². The molecule has 3 nitrogen and oxygen atoms in total. The van der Waals surface area contributed by atoms with Gasteiger partial charge in [0.1, 0.15) is 0 Å². The van der Waals surface area contributed by atoms with Crippen LogP contribution in [0.4, 0.5) is 0 Å². The first-order valence-electron chi connectivity index (χ1n) is 7.35. The minimum Gasteiger partial charge on any atom is -0.358 e. The molecule has 0 unspecified atom stereocenters. The summed E-state index contributed by atoms with van der Waals surface area (Å²) in [7, 11) is 0. The Morgan fingerprint density at radius 3 is 2.87 bits per heavy atom. The summed E-state index contributed by atoms with van der Waals surface area (Å²) in [5.74, 6) is -0.0678. The third-order valence-corrected chi connectivity index (χ3v) is 4.56. The number of carbonyl (C=O) groups excluding carboxylic acids is 1. The number of amides is 1. The monoisotopic (exact) mass is 390 g/mol. The highest BCUT2D eigenvalue weighted by Crippen LogP contribution is 2.25. The zero-order chi connectivity index (χ0) is 16.4. The van der Waals surface area contributed by atoms with Crippen LogP contribution in [-0.2, 0) is 6.42 Å². The van der Waals surface area contributed by atoms with Gasteiger partial charge in [-0.25, -0.2) is 0 Å². The van der Waals surface area contributed by atoms with E-state index in [4.69, 9.17) is 11.6 Å². The molecule has 1 heterocycles. The van der Waals surface area contributed by atoms with Gasteiger partial charge < -0.3 is 10.3 Å². The molecule has 2 aromatic carbocycles. The Balaban J connectivity index is 1.70. The summed E-state index contributed by atoms with van der Waals surface area (Å²) in [6.45, 7) is 2.62. The summed E-state index contributed by atoms with van der Waals surface area (Å²) >= 11 is 9.47. The molecule has 1 amide bonds. The first kappa shape index (κ1) is 16.1. The third-order valence-electron chi connectivity index (χ3n) is 3.83. The number of aryl methyl sites for hydroxylation is 1. The smallest absolute Gasteiger partial charge is 0.251 e. The van der Waals surface area contributed by atoms with Crippen molar-refractivity contribution in [2.24, 2.45) is 0 Å². The first-order valence-corrected chi connectivity index (χ1v) is 8.52. The molecule has 0 bridgehead atoms. The number of hydrogen-bond acceptors (Lipinski definition) is 1. The van der Waals surface area contributed by atoms with E-state index in [1.807, 2.05) is 43.3 Å². The third kappa shape index (κ3) is 3.59. The molecule has 0 aliphatic carbocycles. The van der Waals surface area contributed by atoms with Gasteiger partial charge in [0, 0.05) is 38.2 Å². The van der Waals surface area contributed by atoms with Gasteiger partial charge in [-0.1, -0.05) is 33.6 Å². The Kier molecular flexibility index (Phi) is 4.74. The van der Waals surface area contributed by atoms with Crippen molar-refractivity contribution in [1.82, 2.24) is 10.3 Å². The SMILES string of the molecule is Cc1[nH]c2ccc(Cl)cc2c1CCNC(=O)c1cccc(Br)c1. The fourth-order valence-electron chi connectivity index (χ4n) is 2.71. The molecule has 1 aromatic heterocycles. The van der Waals surface area contributed by atoms with Crippen molar-refractivity contribution in [2.75, 3.05) is 6.54 Å². The van der Waals surface area contributed by atoms with Crippen LogP contribution >= 0.6 is 27.5 Å². The van der Waals surface area contributed by atoms with Crippen molar-refractivity contribution in [3.63, 3.8) is 0 Å². The predicted molar refractivity (Wildman–Crippen MR) is 98.2 cm³/mol. The number of halogens is 2. The van der Waals surface area contributed by atoms with E-state index in [0.717, 1.165) is 32.5 Å². The molecule has 0 aliphatic rings. The summed E-state index contributed by atoms with van der Waals surface area (Å²) < 4.78 is 0.896. The molecule has 0 spiro atoms. The summed E-state index contributed by atoms with van der Waals surface area (Å²) in [4.78, 5) is 15.5. The number of nitrogens with one attached hydrogen (secondary N) is 2. The lowest BCUT2D eigenvalue weighted by molar-refractivity contribution is 0.0954. The number of H-pyrrole nitrogens is 1. The second-order valence-electron chi connectivity index (χ2n) is 5.43. The van der Waals surface area contributed by atoms with Crippen LogP contribution in [-0.4, -0.2) is 17.4 Å². The summed E-state index contributed by atoms with van der Waals surface area (Å²) in [6, 6.07) is 13.2. The van der Waals surface area contributed by atoms with Crippen LogP contribution in [0.15, 0.2) is 46.9 Å². The number of benzene rings is 2. The van der Waals surface area contributed by atoms with Crippen LogP contribution in [0.2, 0.25) is 5.02 Å². The van der Waals surface area contributed by atoms with E-state index in [0.29, 0.717) is 12.1 Å². The second kappa shape index (κ2) is 6.77. The Hall–Kier alpha value is -1.78. The maximum atomic E-state index is 12.2. The fraction of sp³-hybridized carbons (Fsp3) is 0.167. The minimum absolute atomic E-state index is 0.0678. The van der Waals surface area contributed by atoms with Gasteiger partial charge in [0.2, 0.25) is 0 Å². The van der Waals surface area contributed by atoms with Crippen LogP contribution in [0.5, 0.6) is 0 Å². The van der Waals surface area contributed by atoms with Crippen molar-refractivity contribution in [3.8, 4) is 0 Å². The van der Waals surface area contributed by atoms with E-state index in [-0.39, 0.29) is 5.91 Å². The molecule has 0 radical (unpaired) electrons. The molecule has 118 valence electrons. The van der Waals surface area contributed by atoms with Crippen molar-refractivity contribution in [3.05, 3.63) is 68.8 Å². The van der Waals surface area contributed by atoms with Crippen molar-refractivity contribution >= 4 is 44.3 Å². The second-order valence-corrected chi connectivity index (χ2v) is 6.79. The van der Waals surface area contributed by atoms with E-state index in [1.54, 1.807) is 6.07 Å². The lowest BCUT2D eigenvalue weighted by Crippen LogP contribution is -2.25. The van der Waals surface area contributed by atoms with Crippen molar-refractivity contribution in [1.29, 1.82) is 0 Å². The standard InChI is InChI=1S/C18H16BrClN2O/c1-11-15(16-10-14(20)5-6-17(16)22-11)7-8-21-18(23)12-3-2-4-13(19)9-12/h2-6,9-10,22H,7-8H2,1H3,(H,21,23). The number of fused-ring (bicyclic) bond motifs is 1. The highest BCUT2D eigenvalue weighted by molar-refractivity contribution is 9.10. The van der Waals surface area contributed by atoms with Crippen LogP contribution in [0.3, 0.4) is 0 Å². The molecule has 3 aromatic rings. The number of aromatic amines is 1. The lowest BCUT2D eigenvalue weighted by atomic mass is 10.1. The van der Waals surface area contributed by atoms with Crippen LogP contribution in [0.25, 0.3) is 10.9 Å². The lowest BCUT2D eigenvalue weighted by Gasteiger charge is -2.06. The molecule has 5 heteroatoms. The minimum atomic E-state index is -0.0678. The first-order chi connectivity index (χ1) is 11.0. The number of hydrogen-bond donors (Lipinski definition) is 2. The van der Waals surface area contributed by atoms with Gasteiger partial charge in [0.15, 0.2) is 0 Å². The summed E-state index contributed by atoms with van der Waals surface area (Å²) in [6.07, 6.45) is 0.756. The molecule has 2 N–H and O–H groups in total. The van der Waals surface area contributed by atoms with Gasteiger partial charge in [-0.15, -0.1) is 0 Å². The fourth-order valence-corrected chi connectivity index (χ4v) is 3.28. The predicted octanol–water partition coefficient (Wildman–Crippen LogP) is 4.86. The molecule has 0 atom stereocenters. The number of rotatable bonds is 4. The molecular weight excluding hydrogens is 376 g/mol.